The third-order valence-corrected chi connectivity index (χ3v) is 5.57. The second-order valence-electron chi connectivity index (χ2n) is 9.00. The molecule has 3 aromatic rings. The van der Waals surface area contributed by atoms with Crippen LogP contribution in [0.1, 0.15) is 40.1 Å². The lowest BCUT2D eigenvalue weighted by atomic mass is 9.92. The third kappa shape index (κ3) is 6.80. The lowest BCUT2D eigenvalue weighted by molar-refractivity contribution is 0.0672. The zero-order valence-corrected chi connectivity index (χ0v) is 20.6. The molecule has 184 valence electrons. The van der Waals surface area contributed by atoms with E-state index in [9.17, 15) is 9.59 Å². The van der Waals surface area contributed by atoms with Gasteiger partial charge >= 0.3 is 0 Å². The van der Waals surface area contributed by atoms with Crippen molar-refractivity contribution in [3.63, 3.8) is 0 Å². The maximum Gasteiger partial charge on any atom is 0.257 e. The van der Waals surface area contributed by atoms with E-state index < -0.39 is 0 Å². The van der Waals surface area contributed by atoms with Crippen molar-refractivity contribution in [1.29, 1.82) is 0 Å². The summed E-state index contributed by atoms with van der Waals surface area (Å²) < 4.78 is 10.7. The minimum Gasteiger partial charge on any atom is -0.493 e. The normalized spacial score (nSPS) is 11.0. The molecule has 2 amide bonds. The van der Waals surface area contributed by atoms with Crippen LogP contribution in [0, 0.1) is 5.41 Å². The average molecular weight is 477 g/mol. The fraction of sp³-hybridized carbons (Fsp3) is 0.296. The van der Waals surface area contributed by atoms with E-state index in [1.165, 1.54) is 13.3 Å². The summed E-state index contributed by atoms with van der Waals surface area (Å²) in [6, 6.07) is 16.0. The first-order valence-corrected chi connectivity index (χ1v) is 11.3. The number of nitrogens with zero attached hydrogens (tertiary/aromatic N) is 2. The predicted octanol–water partition coefficient (Wildman–Crippen LogP) is 3.98. The molecule has 35 heavy (non-hydrogen) atoms. The number of anilines is 1. The number of nitrogens with two attached hydrogens (primary N) is 1. The first kappa shape index (κ1) is 25.7. The van der Waals surface area contributed by atoms with Gasteiger partial charge in [-0.3, -0.25) is 14.6 Å². The number of nitrogens with one attached hydrogen (secondary N) is 1. The number of benzene rings is 2. The first-order chi connectivity index (χ1) is 16.8. The third-order valence-electron chi connectivity index (χ3n) is 5.57. The van der Waals surface area contributed by atoms with Gasteiger partial charge in [-0.05, 0) is 60.0 Å². The van der Waals surface area contributed by atoms with Crippen LogP contribution < -0.4 is 20.5 Å². The van der Waals surface area contributed by atoms with Crippen molar-refractivity contribution in [3.05, 3.63) is 83.7 Å². The lowest BCUT2D eigenvalue weighted by Crippen LogP contribution is -2.41. The van der Waals surface area contributed by atoms with E-state index in [1.54, 1.807) is 48.5 Å². The molecular formula is C27H32N4O4. The van der Waals surface area contributed by atoms with E-state index in [4.69, 9.17) is 15.2 Å². The molecule has 1 heterocycles. The molecule has 0 bridgehead atoms. The quantitative estimate of drug-likeness (QED) is 0.458. The van der Waals surface area contributed by atoms with Crippen LogP contribution in [0.3, 0.4) is 0 Å². The van der Waals surface area contributed by atoms with Crippen LogP contribution in [0.15, 0.2) is 67.0 Å². The van der Waals surface area contributed by atoms with Crippen LogP contribution in [0.4, 0.5) is 5.69 Å². The Labute approximate surface area is 206 Å². The summed E-state index contributed by atoms with van der Waals surface area (Å²) in [5.41, 5.74) is 8.14. The topological polar surface area (TPSA) is 107 Å². The summed E-state index contributed by atoms with van der Waals surface area (Å²) in [4.78, 5) is 31.8. The van der Waals surface area contributed by atoms with Crippen LogP contribution in [0.5, 0.6) is 11.5 Å². The Morgan fingerprint density at radius 2 is 1.77 bits per heavy atom. The minimum atomic E-state index is -0.293. The molecule has 0 fully saturated rings. The van der Waals surface area contributed by atoms with Gasteiger partial charge in [-0.15, -0.1) is 0 Å². The molecule has 2 aromatic carbocycles. The summed E-state index contributed by atoms with van der Waals surface area (Å²) in [6.07, 6.45) is 3.13. The highest BCUT2D eigenvalue weighted by atomic mass is 16.5. The van der Waals surface area contributed by atoms with Gasteiger partial charge in [0.2, 0.25) is 0 Å². The largest absolute Gasteiger partial charge is 0.493 e. The van der Waals surface area contributed by atoms with Crippen LogP contribution in [0.2, 0.25) is 0 Å². The van der Waals surface area contributed by atoms with Crippen molar-refractivity contribution in [2.24, 2.45) is 11.1 Å². The number of aromatic nitrogens is 1. The Bertz CT molecular complexity index is 1160. The molecule has 0 aliphatic carbocycles. The molecule has 8 heteroatoms. The molecule has 0 spiro atoms. The molecule has 0 radical (unpaired) electrons. The number of rotatable bonds is 10. The van der Waals surface area contributed by atoms with Crippen molar-refractivity contribution in [2.75, 3.05) is 32.6 Å². The Hall–Kier alpha value is -3.91. The average Bonchev–Trinajstić information content (AvgIpc) is 2.88. The number of ether oxygens (including phenoxy) is 2. The SMILES string of the molecule is COc1ccc(C(=O)N(Cc2cccc(NC(=O)c3cccnc3)c2)CC(C)(C)CN)cc1OC. The minimum absolute atomic E-state index is 0.155. The summed E-state index contributed by atoms with van der Waals surface area (Å²) in [6.45, 7) is 5.25. The fourth-order valence-electron chi connectivity index (χ4n) is 3.60. The zero-order chi connectivity index (χ0) is 25.4. The lowest BCUT2D eigenvalue weighted by Gasteiger charge is -2.32. The second-order valence-corrected chi connectivity index (χ2v) is 9.00. The van der Waals surface area contributed by atoms with E-state index in [0.717, 1.165) is 5.56 Å². The summed E-state index contributed by atoms with van der Waals surface area (Å²) in [7, 11) is 3.09. The van der Waals surface area contributed by atoms with Gasteiger partial charge in [0, 0.05) is 36.7 Å². The molecule has 8 nitrogen and oxygen atoms in total. The molecule has 3 rings (SSSR count). The molecule has 1 aromatic heterocycles. The van der Waals surface area contributed by atoms with Crippen LogP contribution >= 0.6 is 0 Å². The van der Waals surface area contributed by atoms with Gasteiger partial charge < -0.3 is 25.4 Å². The number of carbonyl (C=O) groups is 2. The molecule has 0 unspecified atom stereocenters. The predicted molar refractivity (Wildman–Crippen MR) is 136 cm³/mol. The van der Waals surface area contributed by atoms with Crippen LogP contribution in [-0.2, 0) is 6.54 Å². The molecule has 0 atom stereocenters. The second kappa shape index (κ2) is 11.5. The Morgan fingerprint density at radius 3 is 2.43 bits per heavy atom. The number of hydrogen-bond acceptors (Lipinski definition) is 6. The monoisotopic (exact) mass is 476 g/mol. The van der Waals surface area contributed by atoms with Gasteiger partial charge in [0.25, 0.3) is 11.8 Å². The van der Waals surface area contributed by atoms with Gasteiger partial charge in [0.15, 0.2) is 11.5 Å². The molecular weight excluding hydrogens is 444 g/mol. The van der Waals surface area contributed by atoms with Crippen LogP contribution in [0.25, 0.3) is 0 Å². The van der Waals surface area contributed by atoms with Gasteiger partial charge in [0.1, 0.15) is 0 Å². The van der Waals surface area contributed by atoms with Crippen molar-refractivity contribution in [1.82, 2.24) is 9.88 Å². The van der Waals surface area contributed by atoms with E-state index in [1.807, 2.05) is 38.1 Å². The summed E-state index contributed by atoms with van der Waals surface area (Å²) in [5, 5.41) is 2.89. The van der Waals surface area contributed by atoms with Crippen molar-refractivity contribution in [2.45, 2.75) is 20.4 Å². The highest BCUT2D eigenvalue weighted by molar-refractivity contribution is 6.04. The van der Waals surface area contributed by atoms with E-state index >= 15 is 0 Å². The Morgan fingerprint density at radius 1 is 1.00 bits per heavy atom. The number of amides is 2. The van der Waals surface area contributed by atoms with Crippen molar-refractivity contribution < 1.29 is 19.1 Å². The first-order valence-electron chi connectivity index (χ1n) is 11.3. The fourth-order valence-corrected chi connectivity index (χ4v) is 3.60. The number of methoxy groups -OCH3 is 2. The molecule has 0 saturated carbocycles. The number of pyridine rings is 1. The maximum atomic E-state index is 13.6. The smallest absolute Gasteiger partial charge is 0.257 e. The summed E-state index contributed by atoms with van der Waals surface area (Å²) in [5.74, 6) is 0.626. The molecule has 0 saturated heterocycles. The van der Waals surface area contributed by atoms with Crippen LogP contribution in [-0.4, -0.2) is 49.0 Å². The Balaban J connectivity index is 1.85. The maximum absolute atomic E-state index is 13.6. The van der Waals surface area contributed by atoms with Gasteiger partial charge in [-0.1, -0.05) is 26.0 Å². The number of hydrogen-bond donors (Lipinski definition) is 2. The highest BCUT2D eigenvalue weighted by Crippen LogP contribution is 2.29. The Kier molecular flexibility index (Phi) is 8.43. The van der Waals surface area contributed by atoms with Crippen molar-refractivity contribution in [3.8, 4) is 11.5 Å². The van der Waals surface area contributed by atoms with Gasteiger partial charge in [0.05, 0.1) is 19.8 Å². The molecule has 3 N–H and O–H groups in total. The van der Waals surface area contributed by atoms with E-state index in [0.29, 0.717) is 47.9 Å². The number of carbonyl (C=O) groups excluding carboxylic acids is 2. The zero-order valence-electron chi connectivity index (χ0n) is 20.6. The molecule has 0 aliphatic rings. The van der Waals surface area contributed by atoms with E-state index in [2.05, 4.69) is 10.3 Å². The summed E-state index contributed by atoms with van der Waals surface area (Å²) >= 11 is 0. The molecule has 0 aliphatic heterocycles. The van der Waals surface area contributed by atoms with E-state index in [-0.39, 0.29) is 17.2 Å². The van der Waals surface area contributed by atoms with Gasteiger partial charge in [-0.2, -0.15) is 0 Å². The van der Waals surface area contributed by atoms with Crippen molar-refractivity contribution >= 4 is 17.5 Å². The highest BCUT2D eigenvalue weighted by Gasteiger charge is 2.26. The standard InChI is InChI=1S/C27H32N4O4/c1-27(2,17-28)18-31(26(33)20-10-11-23(34-3)24(14-20)35-4)16-19-7-5-9-22(13-19)30-25(32)21-8-6-12-29-15-21/h5-15H,16-18,28H2,1-4H3,(H,30,32). The van der Waals surface area contributed by atoms with Gasteiger partial charge in [-0.25, -0.2) is 0 Å².